The van der Waals surface area contributed by atoms with Crippen LogP contribution in [0.15, 0.2) is 44.6 Å². The van der Waals surface area contributed by atoms with E-state index in [4.69, 9.17) is 0 Å². The number of benzene rings is 2. The van der Waals surface area contributed by atoms with E-state index in [1.807, 2.05) is 0 Å². The van der Waals surface area contributed by atoms with Crippen molar-refractivity contribution >= 4 is 46.9 Å². The normalized spacial score (nSPS) is 12.8. The van der Waals surface area contributed by atoms with E-state index in [9.17, 15) is 25.9 Å². The number of hydrogen-bond donors (Lipinski definition) is 0. The van der Waals surface area contributed by atoms with Gasteiger partial charge in [-0.25, -0.2) is 16.8 Å². The average molecular weight is 365 g/mol. The summed E-state index contributed by atoms with van der Waals surface area (Å²) in [7, 11) is -9.75. The van der Waals surface area contributed by atoms with Crippen molar-refractivity contribution in [1.29, 1.82) is 0 Å². The van der Waals surface area contributed by atoms with Gasteiger partial charge < -0.3 is 9.11 Å². The molecule has 0 bridgehead atoms. The van der Waals surface area contributed by atoms with E-state index in [0.717, 1.165) is 6.07 Å². The minimum absolute atomic E-state index is 0.0607. The van der Waals surface area contributed by atoms with Crippen LogP contribution in [0.25, 0.3) is 10.8 Å². The van der Waals surface area contributed by atoms with Crippen molar-refractivity contribution in [3.63, 3.8) is 0 Å². The number of hydrogen-bond acceptors (Lipinski definition) is 6. The lowest BCUT2D eigenvalue weighted by Crippen LogP contribution is -2.04. The summed E-state index contributed by atoms with van der Waals surface area (Å²) in [6.07, 6.45) is 0. The summed E-state index contributed by atoms with van der Waals surface area (Å²) >= 11 is 3.13. The molecule has 2 rings (SSSR count). The van der Waals surface area contributed by atoms with Gasteiger partial charge in [-0.3, -0.25) is 0 Å². The Morgan fingerprint density at radius 1 is 0.895 bits per heavy atom. The third kappa shape index (κ3) is 2.95. The molecule has 102 valence electrons. The van der Waals surface area contributed by atoms with E-state index >= 15 is 0 Å². The van der Waals surface area contributed by atoms with Crippen molar-refractivity contribution in [2.24, 2.45) is 0 Å². The molecule has 2 aromatic rings. The van der Waals surface area contributed by atoms with Crippen molar-refractivity contribution in [2.75, 3.05) is 0 Å². The molecule has 0 saturated heterocycles. The Hall–Kier alpha value is -1.00. The van der Waals surface area contributed by atoms with Gasteiger partial charge in [-0.15, -0.1) is 0 Å². The first kappa shape index (κ1) is 14.4. The van der Waals surface area contributed by atoms with Crippen LogP contribution in [0.1, 0.15) is 0 Å². The molecule has 19 heavy (non-hydrogen) atoms. The second kappa shape index (κ2) is 4.53. The average Bonchev–Trinajstić information content (AvgIpc) is 2.24. The maximum absolute atomic E-state index is 11.1. The monoisotopic (exact) mass is 364 g/mol. The van der Waals surface area contributed by atoms with Gasteiger partial charge in [0.05, 0.1) is 9.79 Å². The second-order valence-corrected chi connectivity index (χ2v) is 7.34. The van der Waals surface area contributed by atoms with Crippen molar-refractivity contribution in [3.05, 3.63) is 34.8 Å². The zero-order chi connectivity index (χ0) is 14.4. The molecule has 9 heteroatoms. The molecule has 0 atom stereocenters. The summed E-state index contributed by atoms with van der Waals surface area (Å²) < 4.78 is 66.9. The van der Waals surface area contributed by atoms with Crippen molar-refractivity contribution in [2.45, 2.75) is 9.79 Å². The molecular weight excluding hydrogens is 360 g/mol. The van der Waals surface area contributed by atoms with Crippen LogP contribution in [0.2, 0.25) is 0 Å². The van der Waals surface area contributed by atoms with E-state index in [0.29, 0.717) is 10.5 Å². The summed E-state index contributed by atoms with van der Waals surface area (Å²) in [5, 5.41) is 0.228. The van der Waals surface area contributed by atoms with Crippen LogP contribution >= 0.6 is 15.9 Å². The van der Waals surface area contributed by atoms with E-state index < -0.39 is 30.0 Å². The van der Waals surface area contributed by atoms with Crippen LogP contribution in [-0.2, 0) is 20.2 Å². The highest BCUT2D eigenvalue weighted by Crippen LogP contribution is 2.29. The highest BCUT2D eigenvalue weighted by Gasteiger charge is 2.13. The molecule has 0 aliphatic rings. The van der Waals surface area contributed by atoms with E-state index in [1.165, 1.54) is 18.2 Å². The number of halogens is 1. The zero-order valence-electron chi connectivity index (χ0n) is 9.03. The predicted octanol–water partition coefficient (Wildman–Crippen LogP) is 1.41. The zero-order valence-corrected chi connectivity index (χ0v) is 12.2. The Kier molecular flexibility index (Phi) is 3.43. The largest absolute Gasteiger partial charge is 0.744 e. The SMILES string of the molecule is O=S(=O)([O-])c1cc(S(=O)(=O)[O-])c2ccc(Br)cc2c1. The summed E-state index contributed by atoms with van der Waals surface area (Å²) in [5.74, 6) is 0. The first-order chi connectivity index (χ1) is 8.59. The van der Waals surface area contributed by atoms with Crippen molar-refractivity contribution in [3.8, 4) is 0 Å². The topological polar surface area (TPSA) is 114 Å². The van der Waals surface area contributed by atoms with Crippen LogP contribution in [0.5, 0.6) is 0 Å². The van der Waals surface area contributed by atoms with Gasteiger partial charge in [0.25, 0.3) is 0 Å². The predicted molar refractivity (Wildman–Crippen MR) is 67.6 cm³/mol. The van der Waals surface area contributed by atoms with Gasteiger partial charge in [0.15, 0.2) is 0 Å². The Bertz CT molecular complexity index is 870. The van der Waals surface area contributed by atoms with Gasteiger partial charge in [-0.05, 0) is 35.0 Å². The van der Waals surface area contributed by atoms with Gasteiger partial charge in [-0.2, -0.15) is 0 Å². The Balaban J connectivity index is 3.01. The van der Waals surface area contributed by atoms with Crippen LogP contribution in [0.4, 0.5) is 0 Å². The van der Waals surface area contributed by atoms with Crippen LogP contribution in [0.3, 0.4) is 0 Å². The van der Waals surface area contributed by atoms with Gasteiger partial charge in [0, 0.05) is 4.47 Å². The van der Waals surface area contributed by atoms with E-state index in [1.54, 1.807) is 0 Å². The molecule has 0 aromatic heterocycles. The molecule has 0 spiro atoms. The lowest BCUT2D eigenvalue weighted by Gasteiger charge is -2.15. The van der Waals surface area contributed by atoms with Gasteiger partial charge in [0.2, 0.25) is 0 Å². The fraction of sp³-hybridized carbons (Fsp3) is 0. The maximum atomic E-state index is 11.1. The third-order valence-electron chi connectivity index (χ3n) is 2.41. The number of rotatable bonds is 2. The molecule has 0 radical (unpaired) electrons. The molecule has 0 unspecified atom stereocenters. The Labute approximate surface area is 117 Å². The van der Waals surface area contributed by atoms with Gasteiger partial charge >= 0.3 is 0 Å². The Morgan fingerprint density at radius 2 is 1.53 bits per heavy atom. The first-order valence-corrected chi connectivity index (χ1v) is 8.35. The molecule has 6 nitrogen and oxygen atoms in total. The van der Waals surface area contributed by atoms with Gasteiger partial charge in [-0.1, -0.05) is 22.0 Å². The van der Waals surface area contributed by atoms with Crippen molar-refractivity contribution in [1.82, 2.24) is 0 Å². The first-order valence-electron chi connectivity index (χ1n) is 4.74. The minimum Gasteiger partial charge on any atom is -0.744 e. The highest BCUT2D eigenvalue weighted by molar-refractivity contribution is 9.10. The summed E-state index contributed by atoms with van der Waals surface area (Å²) in [4.78, 5) is -1.49. The molecule has 0 aliphatic heterocycles. The molecule has 0 aliphatic carbocycles. The van der Waals surface area contributed by atoms with Gasteiger partial charge in [0.1, 0.15) is 20.2 Å². The molecular formula is C10H5BrO6S2-2. The molecule has 0 heterocycles. The smallest absolute Gasteiger partial charge is 0.125 e. The maximum Gasteiger partial charge on any atom is 0.125 e. The standard InChI is InChI=1S/C10H7BrO6S2/c11-7-1-2-9-6(3-7)4-8(18(12,13)14)5-10(9)19(15,16)17/h1-5H,(H,12,13,14)(H,15,16,17)/p-2. The van der Waals surface area contributed by atoms with E-state index in [2.05, 4.69) is 15.9 Å². The molecule has 0 amide bonds. The minimum atomic E-state index is -4.89. The molecule has 0 saturated carbocycles. The third-order valence-corrected chi connectivity index (χ3v) is 4.59. The van der Waals surface area contributed by atoms with Crippen LogP contribution < -0.4 is 0 Å². The number of fused-ring (bicyclic) bond motifs is 1. The summed E-state index contributed by atoms with van der Waals surface area (Å²) in [6.45, 7) is 0. The highest BCUT2D eigenvalue weighted by atomic mass is 79.9. The molecule has 0 fully saturated rings. The van der Waals surface area contributed by atoms with Crippen LogP contribution in [-0.4, -0.2) is 25.9 Å². The fourth-order valence-electron chi connectivity index (χ4n) is 1.63. The molecule has 0 N–H and O–H groups in total. The Morgan fingerprint density at radius 3 is 2.05 bits per heavy atom. The quantitative estimate of drug-likeness (QED) is 0.744. The fourth-order valence-corrected chi connectivity index (χ4v) is 3.34. The van der Waals surface area contributed by atoms with Crippen molar-refractivity contribution < 1.29 is 25.9 Å². The second-order valence-electron chi connectivity index (χ2n) is 3.70. The summed E-state index contributed by atoms with van der Waals surface area (Å²) in [5.41, 5.74) is 0. The van der Waals surface area contributed by atoms with E-state index in [-0.39, 0.29) is 10.8 Å². The lowest BCUT2D eigenvalue weighted by atomic mass is 10.1. The molecule has 2 aromatic carbocycles. The summed E-state index contributed by atoms with van der Waals surface area (Å²) in [6, 6.07) is 5.88. The lowest BCUT2D eigenvalue weighted by molar-refractivity contribution is 0.462. The van der Waals surface area contributed by atoms with Crippen LogP contribution in [0, 0.1) is 0 Å².